The lowest BCUT2D eigenvalue weighted by atomic mass is 10.0. The summed E-state index contributed by atoms with van der Waals surface area (Å²) in [5.74, 6) is 0. The van der Waals surface area contributed by atoms with Crippen LogP contribution < -0.4 is 14.2 Å². The number of benzene rings is 4. The molecule has 0 aromatic heterocycles. The van der Waals surface area contributed by atoms with Crippen LogP contribution in [0.2, 0.25) is 0 Å². The van der Waals surface area contributed by atoms with Crippen LogP contribution in [0.15, 0.2) is 120 Å². The maximum Gasteiger partial charge on any atom is 0.397 e. The van der Waals surface area contributed by atoms with Crippen molar-refractivity contribution >= 4 is 207 Å². The number of rotatable bonds is 42. The van der Waals surface area contributed by atoms with E-state index in [1.807, 2.05) is 14.2 Å². The smallest absolute Gasteiger partial charge is 0.356 e. The number of nitrogens with one attached hydrogen (secondary N) is 3. The molecule has 15 atom stereocenters. The molecule has 4 aromatic rings. The lowest BCUT2D eigenvalue weighted by Crippen LogP contribution is -2.61. The van der Waals surface area contributed by atoms with Gasteiger partial charge in [0, 0.05) is 31.7 Å². The molecule has 3 saturated heterocycles. The summed E-state index contributed by atoms with van der Waals surface area (Å²) in [6, 6.07) is 10.2. The average molecular weight is 2090 g/mol. The second-order valence-corrected chi connectivity index (χ2v) is 43.8. The van der Waals surface area contributed by atoms with Gasteiger partial charge in [-0.15, -0.1) is 0 Å². The maximum absolute atomic E-state index is 14.5. The van der Waals surface area contributed by atoms with E-state index < -0.39 is 296 Å². The van der Waals surface area contributed by atoms with E-state index in [9.17, 15) is 181 Å². The van der Waals surface area contributed by atoms with E-state index in [-0.39, 0.29) is 68.2 Å². The van der Waals surface area contributed by atoms with Gasteiger partial charge in [0.15, 0.2) is 0 Å². The van der Waals surface area contributed by atoms with Crippen molar-refractivity contribution < 1.29 is 245 Å². The molecule has 78 heteroatoms. The molecular weight excluding hydrogens is 2040 g/mol. The molecule has 3 fully saturated rings. The van der Waals surface area contributed by atoms with Crippen LogP contribution in [-0.4, -0.2) is 290 Å². The van der Waals surface area contributed by atoms with Gasteiger partial charge >= 0.3 is 125 Å². The topological polar surface area (TPSA) is 929 Å². The van der Waals surface area contributed by atoms with Gasteiger partial charge in [-0.3, -0.25) is 68.8 Å². The molecule has 4 aromatic carbocycles. The fraction of sp³-hybridized carbons (Fsp3) is 0.429. The second-order valence-electron chi connectivity index (χ2n) is 22.5. The summed E-state index contributed by atoms with van der Waals surface area (Å²) in [5, 5.41) is 0. The van der Waals surface area contributed by atoms with Crippen molar-refractivity contribution in [3.05, 3.63) is 91.0 Å². The van der Waals surface area contributed by atoms with Crippen LogP contribution in [0.25, 0.3) is 0 Å². The minimum absolute atomic E-state index is 0.0729. The zero-order valence-electron chi connectivity index (χ0n) is 56.5. The van der Waals surface area contributed by atoms with E-state index >= 15 is 0 Å². The molecule has 0 spiro atoms. The monoisotopic (exact) mass is 2080 g/mol. The van der Waals surface area contributed by atoms with Crippen LogP contribution in [0.4, 0.5) is 17.1 Å². The zero-order chi connectivity index (χ0) is 90.9. The predicted molar refractivity (Wildman–Crippen MR) is 382 cm³/mol. The summed E-state index contributed by atoms with van der Waals surface area (Å²) in [7, 11) is -87.1. The Hall–Kier alpha value is -4.50. The predicted octanol–water partition coefficient (Wildman–Crippen LogP) is -4.31. The molecule has 684 valence electrons. The molecule has 7 rings (SSSR count). The van der Waals surface area contributed by atoms with Crippen molar-refractivity contribution in [1.82, 2.24) is 0 Å². The van der Waals surface area contributed by atoms with Crippen LogP contribution >= 0.6 is 35.3 Å². The van der Waals surface area contributed by atoms with Crippen molar-refractivity contribution in [2.45, 2.75) is 119 Å². The van der Waals surface area contributed by atoms with Crippen molar-refractivity contribution in [2.75, 3.05) is 34.0 Å². The molecular formula is C42H51N3O57S18. The Morgan fingerprint density at radius 3 is 0.575 bits per heavy atom. The molecule has 120 heavy (non-hydrogen) atoms. The van der Waals surface area contributed by atoms with Crippen LogP contribution in [0.1, 0.15) is 0 Å². The molecule has 0 radical (unpaired) electrons. The minimum Gasteiger partial charge on any atom is -0.356 e. The molecule has 60 nitrogen and oxygen atoms in total. The molecule has 0 bridgehead atoms. The molecule has 15 N–H and O–H groups in total. The van der Waals surface area contributed by atoms with Gasteiger partial charge in [0.05, 0.1) is 34.5 Å². The summed E-state index contributed by atoms with van der Waals surface area (Å²) < 4.78 is 561. The third-order valence-electron chi connectivity index (χ3n) is 13.9. The van der Waals surface area contributed by atoms with Gasteiger partial charge in [0.2, 0.25) is 0 Å². The summed E-state index contributed by atoms with van der Waals surface area (Å²) >= 11 is 0.219. The largest absolute Gasteiger partial charge is 0.397 e. The summed E-state index contributed by atoms with van der Waals surface area (Å²) in [6.07, 6.45) is -33.8. The van der Waals surface area contributed by atoms with E-state index in [2.05, 4.69) is 50.2 Å². The highest BCUT2D eigenvalue weighted by atomic mass is 32.3. The fourth-order valence-electron chi connectivity index (χ4n) is 9.89. The van der Waals surface area contributed by atoms with Gasteiger partial charge in [0.25, 0.3) is 30.1 Å². The van der Waals surface area contributed by atoms with Crippen molar-refractivity contribution in [3.63, 3.8) is 0 Å². The SMILES string of the molecule is O=S(=O)(O)OC[C@H]1O[C@@H](Sc2ccc(NS(=O)(=O)c3cc(S(=O)(=O)Nc4ccc(S[C@@H]5O[C@H](COS(=O)(=O)O)[C@@H](OS(=O)(=O)O)[C@H](OS(=O)(=O)O)[C@H]5OS(=O)(=O)O)cc4)cc(S(=O)(=O)Nc4ccc(S[C@@H]5O[C@H](COS(=O)(=O)O)[C@@H](OS(=O)(=O)O)[C@H](OS(=O)(=O)O)[C@H]5OS(=O)(=O)O)cc4)c3)cc2)[C@H](OS(=O)(=O)O)[C@@H](OS(=O)(=O)O)[C@@H]1OS(=O)(=O)O. The van der Waals surface area contributed by atoms with Crippen molar-refractivity contribution in [1.29, 1.82) is 0 Å². The molecule has 3 aliphatic heterocycles. The number of thioether (sulfide) groups is 3. The Morgan fingerprint density at radius 2 is 0.408 bits per heavy atom. The minimum atomic E-state index is -6.01. The quantitative estimate of drug-likeness (QED) is 0.0187. The van der Waals surface area contributed by atoms with E-state index in [4.69, 9.17) is 14.2 Å². The number of hydrogen-bond donors (Lipinski definition) is 15. The maximum atomic E-state index is 14.5. The Balaban J connectivity index is 1.29. The lowest BCUT2D eigenvalue weighted by molar-refractivity contribution is -0.183. The van der Waals surface area contributed by atoms with Gasteiger partial charge in [-0.05, 0) is 91.0 Å². The van der Waals surface area contributed by atoms with Gasteiger partial charge in [-0.1, -0.05) is 35.3 Å². The van der Waals surface area contributed by atoms with Gasteiger partial charge in [-0.25, -0.2) is 75.5 Å². The van der Waals surface area contributed by atoms with Gasteiger partial charge < -0.3 is 14.2 Å². The highest BCUT2D eigenvalue weighted by molar-refractivity contribution is 8.00. The fourth-order valence-corrected chi connectivity index (χ4v) is 22.5. The van der Waals surface area contributed by atoms with Crippen molar-refractivity contribution in [2.24, 2.45) is 0 Å². The Bertz CT molecular complexity index is 5660. The first-order valence-corrected chi connectivity index (χ1v) is 52.8. The molecule has 3 heterocycles. The Morgan fingerprint density at radius 1 is 0.242 bits per heavy atom. The number of anilines is 3. The van der Waals surface area contributed by atoms with Crippen LogP contribution in [0.5, 0.6) is 0 Å². The normalized spacial score (nSPS) is 25.2. The van der Waals surface area contributed by atoms with Crippen LogP contribution in [-0.2, 0) is 219 Å². The standard InChI is InChI=1S/C42H51N3O57S18/c46-106(47,43-19-1-7-22(8-2-19)103-40-37(100-118(79,80)81)34(97-115(70,71)72)31(94-112(61,62)63)28(91-40)16-88-109(52,53)54)25-13-26(107(48,49)44-20-3-9-23(10-4-20)104-41-38(101-119(82,83)84)35(98-116(73,74)75)32(95-113(64,65)66)29(92-41)17-89-110(55,56)57)15-27(14-25)108(50,51)45-21-5-11-24(12-6-21)105-42-39(102-120(85,86)87)36(99-117(76,77)78)33(96-114(67,68)69)30(93-42)18-90-111(58,59)60/h1-15,28-45H,16-18H2,(H,52,53,54)(H,55,56,57)(H,58,59,60)(H,61,62,63)(H,64,65,66)(H,67,68,69)(H,70,71,72)(H,73,74,75)(H,76,77,78)(H,79,80,81)(H,82,83,84)(H,85,86,87)/t28-,29-,30-,31-,32-,33-,34+,35+,36+,37-,38-,39-,40+,41+,42+/m1/s1. The highest BCUT2D eigenvalue weighted by Gasteiger charge is 2.58. The van der Waals surface area contributed by atoms with E-state index in [1.165, 1.54) is 0 Å². The molecule has 0 amide bonds. The van der Waals surface area contributed by atoms with E-state index in [0.717, 1.165) is 72.8 Å². The number of sulfonamides is 3. The summed E-state index contributed by atoms with van der Waals surface area (Å²) in [4.78, 5) is -5.28. The number of ether oxygens (including phenoxy) is 3. The third-order valence-corrected chi connectivity index (χ3v) is 26.9. The first-order valence-electron chi connectivity index (χ1n) is 29.3. The number of hydrogen-bond acceptors (Lipinski definition) is 48. The molecule has 0 saturated carbocycles. The van der Waals surface area contributed by atoms with E-state index in [0.29, 0.717) is 0 Å². The van der Waals surface area contributed by atoms with Gasteiger partial charge in [-0.2, -0.15) is 101 Å². The summed E-state index contributed by atoms with van der Waals surface area (Å²) in [6.45, 7) is -5.04. The molecule has 0 unspecified atom stereocenters. The van der Waals surface area contributed by atoms with Crippen molar-refractivity contribution in [3.8, 4) is 0 Å². The third kappa shape index (κ3) is 34.0. The van der Waals surface area contributed by atoms with E-state index in [1.54, 1.807) is 0 Å². The lowest BCUT2D eigenvalue weighted by Gasteiger charge is -2.43. The molecule has 3 aliphatic rings. The first-order chi connectivity index (χ1) is 54.0. The molecule has 0 aliphatic carbocycles. The zero-order valence-corrected chi connectivity index (χ0v) is 71.2. The van der Waals surface area contributed by atoms with Crippen LogP contribution in [0, 0.1) is 0 Å². The van der Waals surface area contributed by atoms with Crippen LogP contribution in [0.3, 0.4) is 0 Å². The Labute approximate surface area is 690 Å². The second kappa shape index (κ2) is 38.2. The van der Waals surface area contributed by atoms with Gasteiger partial charge in [0.1, 0.15) is 89.6 Å². The average Bonchev–Trinajstić information content (AvgIpc) is 0.783. The Kier molecular flexibility index (Phi) is 32.7. The summed E-state index contributed by atoms with van der Waals surface area (Å²) in [5.41, 5.74) is -9.09. The first kappa shape index (κ1) is 103. The highest BCUT2D eigenvalue weighted by Crippen LogP contribution is 2.44.